The first kappa shape index (κ1) is 37.0. The maximum absolute atomic E-state index is 5.23. The van der Waals surface area contributed by atoms with Crippen molar-refractivity contribution in [1.82, 2.24) is 34.9 Å². The number of rotatable bonds is 7. The smallest absolute Gasteiger partial charge is 0.164 e. The second kappa shape index (κ2) is 15.6. The number of nitrogens with zero attached hydrogens (tertiary/aromatic N) is 7. The van der Waals surface area contributed by atoms with Gasteiger partial charge in [0.1, 0.15) is 0 Å². The van der Waals surface area contributed by atoms with Crippen LogP contribution < -0.4 is 0 Å². The lowest BCUT2D eigenvalue weighted by atomic mass is 9.98. The molecule has 0 bridgehead atoms. The van der Waals surface area contributed by atoms with Crippen molar-refractivity contribution in [3.05, 3.63) is 213 Å². The standard InChI is InChI=1S/C57H35N7/c1-3-13-44-34-60-51(32-42(44)11-1)46-29-47(52-33-43-12-2-4-14-45(43)35-61-52)31-48(30-46)57-63-55(40-21-17-38(18-22-40)53-49-15-7-5-9-36(49)25-27-58-53)62-56(64-57)41-23-19-39(20-24-41)54-50-16-8-6-10-37(50)26-28-59-54/h1-35H. The molecule has 0 fully saturated rings. The van der Waals surface area contributed by atoms with Crippen molar-refractivity contribution in [3.63, 3.8) is 0 Å². The molecule has 7 aromatic carbocycles. The van der Waals surface area contributed by atoms with Gasteiger partial charge in [0.05, 0.1) is 22.8 Å². The van der Waals surface area contributed by atoms with E-state index in [1.165, 1.54) is 0 Å². The number of hydrogen-bond acceptors (Lipinski definition) is 7. The summed E-state index contributed by atoms with van der Waals surface area (Å²) in [6.45, 7) is 0. The lowest BCUT2D eigenvalue weighted by molar-refractivity contribution is 1.07. The topological polar surface area (TPSA) is 90.2 Å². The molecule has 0 atom stereocenters. The van der Waals surface area contributed by atoms with Gasteiger partial charge in [-0.3, -0.25) is 19.9 Å². The summed E-state index contributed by atoms with van der Waals surface area (Å²) in [7, 11) is 0. The van der Waals surface area contributed by atoms with Crippen LogP contribution in [0.25, 0.3) is 122 Å². The molecule has 0 aliphatic carbocycles. The minimum atomic E-state index is 0.532. The Balaban J connectivity index is 1.02. The maximum Gasteiger partial charge on any atom is 0.164 e. The van der Waals surface area contributed by atoms with Crippen LogP contribution in [0.2, 0.25) is 0 Å². The first-order valence-corrected chi connectivity index (χ1v) is 21.2. The van der Waals surface area contributed by atoms with Crippen LogP contribution in [0, 0.1) is 0 Å². The van der Waals surface area contributed by atoms with Crippen molar-refractivity contribution in [2.24, 2.45) is 0 Å². The van der Waals surface area contributed by atoms with Gasteiger partial charge in [-0.05, 0) is 64.0 Å². The lowest BCUT2D eigenvalue weighted by Gasteiger charge is -2.13. The Morgan fingerprint density at radius 3 is 1.06 bits per heavy atom. The molecule has 0 N–H and O–H groups in total. The van der Waals surface area contributed by atoms with E-state index in [0.717, 1.165) is 105 Å². The Bertz CT molecular complexity index is 3490. The predicted molar refractivity (Wildman–Crippen MR) is 259 cm³/mol. The summed E-state index contributed by atoms with van der Waals surface area (Å²) < 4.78 is 0. The molecule has 5 heterocycles. The van der Waals surface area contributed by atoms with Crippen LogP contribution in [0.5, 0.6) is 0 Å². The highest BCUT2D eigenvalue weighted by Gasteiger charge is 2.17. The summed E-state index contributed by atoms with van der Waals surface area (Å²) in [5.74, 6) is 1.64. The van der Waals surface area contributed by atoms with Crippen molar-refractivity contribution in [3.8, 4) is 79.2 Å². The second-order valence-electron chi connectivity index (χ2n) is 15.9. The summed E-state index contributed by atoms with van der Waals surface area (Å²) in [5, 5.41) is 8.86. The minimum absolute atomic E-state index is 0.532. The van der Waals surface area contributed by atoms with Crippen LogP contribution >= 0.6 is 0 Å². The number of hydrogen-bond donors (Lipinski definition) is 0. The largest absolute Gasteiger partial charge is 0.256 e. The fourth-order valence-corrected chi connectivity index (χ4v) is 8.55. The number of fused-ring (bicyclic) bond motifs is 4. The highest BCUT2D eigenvalue weighted by molar-refractivity contribution is 5.96. The van der Waals surface area contributed by atoms with Gasteiger partial charge in [-0.1, -0.05) is 146 Å². The molecular formula is C57H35N7. The summed E-state index contributed by atoms with van der Waals surface area (Å²) in [6.07, 6.45) is 7.58. The van der Waals surface area contributed by atoms with Crippen molar-refractivity contribution in [2.45, 2.75) is 0 Å². The third kappa shape index (κ3) is 6.87. The molecule has 0 spiro atoms. The third-order valence-corrected chi connectivity index (χ3v) is 11.9. The summed E-state index contributed by atoms with van der Waals surface area (Å²) >= 11 is 0. The van der Waals surface area contributed by atoms with Gasteiger partial charge in [0.15, 0.2) is 17.5 Å². The van der Waals surface area contributed by atoms with E-state index in [1.807, 2.05) is 61.2 Å². The van der Waals surface area contributed by atoms with Gasteiger partial charge in [0.2, 0.25) is 0 Å². The lowest BCUT2D eigenvalue weighted by Crippen LogP contribution is -2.01. The molecule has 0 radical (unpaired) electrons. The molecular weight excluding hydrogens is 783 g/mol. The van der Waals surface area contributed by atoms with Crippen LogP contribution in [-0.4, -0.2) is 34.9 Å². The van der Waals surface area contributed by atoms with Gasteiger partial charge in [-0.2, -0.15) is 0 Å². The molecule has 0 saturated carbocycles. The van der Waals surface area contributed by atoms with Crippen molar-refractivity contribution in [1.29, 1.82) is 0 Å². The van der Waals surface area contributed by atoms with E-state index < -0.39 is 0 Å². The summed E-state index contributed by atoms with van der Waals surface area (Å²) in [5.41, 5.74) is 9.93. The quantitative estimate of drug-likeness (QED) is 0.158. The van der Waals surface area contributed by atoms with Crippen molar-refractivity contribution in [2.75, 3.05) is 0 Å². The molecule has 0 unspecified atom stereocenters. The third-order valence-electron chi connectivity index (χ3n) is 11.9. The fraction of sp³-hybridized carbons (Fsp3) is 0. The van der Waals surface area contributed by atoms with Crippen LogP contribution in [0.15, 0.2) is 213 Å². The highest BCUT2D eigenvalue weighted by Crippen LogP contribution is 2.36. The molecule has 298 valence electrons. The average molecular weight is 818 g/mol. The molecule has 0 amide bonds. The first-order chi connectivity index (χ1) is 31.7. The van der Waals surface area contributed by atoms with Gasteiger partial charge < -0.3 is 0 Å². The minimum Gasteiger partial charge on any atom is -0.256 e. The molecule has 12 aromatic rings. The van der Waals surface area contributed by atoms with E-state index in [2.05, 4.69) is 152 Å². The molecule has 5 aromatic heterocycles. The Hall–Kier alpha value is -8.81. The monoisotopic (exact) mass is 817 g/mol. The SMILES string of the molecule is c1ccc2cc(-c3cc(-c4cc5ccccc5cn4)cc(-c4nc(-c5ccc(-c6nccc7ccccc67)cc5)nc(-c5ccc(-c6nccc7ccccc67)cc5)n4)c3)ncc2c1. The van der Waals surface area contributed by atoms with E-state index in [1.54, 1.807) is 0 Å². The van der Waals surface area contributed by atoms with Crippen LogP contribution in [0.1, 0.15) is 0 Å². The molecule has 0 aliphatic heterocycles. The fourth-order valence-electron chi connectivity index (χ4n) is 8.55. The first-order valence-electron chi connectivity index (χ1n) is 21.2. The Labute approximate surface area is 368 Å². The number of aromatic nitrogens is 7. The van der Waals surface area contributed by atoms with Gasteiger partial charge in [0, 0.05) is 85.3 Å². The highest BCUT2D eigenvalue weighted by atomic mass is 15.0. The second-order valence-corrected chi connectivity index (χ2v) is 15.9. The summed E-state index contributed by atoms with van der Waals surface area (Å²) in [4.78, 5) is 35.1. The molecule has 12 rings (SSSR count). The predicted octanol–water partition coefficient (Wildman–Crippen LogP) is 13.7. The zero-order chi connectivity index (χ0) is 42.4. The van der Waals surface area contributed by atoms with Gasteiger partial charge in [0.25, 0.3) is 0 Å². The van der Waals surface area contributed by atoms with E-state index in [0.29, 0.717) is 17.5 Å². The zero-order valence-corrected chi connectivity index (χ0v) is 34.3. The van der Waals surface area contributed by atoms with Gasteiger partial charge in [-0.15, -0.1) is 0 Å². The van der Waals surface area contributed by atoms with Crippen LogP contribution in [-0.2, 0) is 0 Å². The number of pyridine rings is 4. The number of benzene rings is 7. The van der Waals surface area contributed by atoms with E-state index in [4.69, 9.17) is 34.9 Å². The Morgan fingerprint density at radius 2 is 0.609 bits per heavy atom. The average Bonchev–Trinajstić information content (AvgIpc) is 3.38. The molecule has 7 nitrogen and oxygen atoms in total. The Morgan fingerprint density at radius 1 is 0.250 bits per heavy atom. The van der Waals surface area contributed by atoms with Gasteiger partial charge in [-0.25, -0.2) is 15.0 Å². The molecule has 64 heavy (non-hydrogen) atoms. The van der Waals surface area contributed by atoms with Crippen molar-refractivity contribution < 1.29 is 0 Å². The van der Waals surface area contributed by atoms with E-state index >= 15 is 0 Å². The zero-order valence-electron chi connectivity index (χ0n) is 34.3. The normalized spacial score (nSPS) is 11.4. The summed E-state index contributed by atoms with van der Waals surface area (Å²) in [6, 6.07) is 64.6. The molecule has 7 heteroatoms. The van der Waals surface area contributed by atoms with E-state index in [-0.39, 0.29) is 0 Å². The van der Waals surface area contributed by atoms with E-state index in [9.17, 15) is 0 Å². The van der Waals surface area contributed by atoms with Crippen molar-refractivity contribution >= 4 is 43.1 Å². The van der Waals surface area contributed by atoms with Crippen LogP contribution in [0.3, 0.4) is 0 Å². The molecule has 0 aliphatic rings. The Kier molecular flexibility index (Phi) is 9.01. The van der Waals surface area contributed by atoms with Crippen LogP contribution in [0.4, 0.5) is 0 Å². The maximum atomic E-state index is 5.23. The molecule has 0 saturated heterocycles. The van der Waals surface area contributed by atoms with Gasteiger partial charge >= 0.3 is 0 Å².